The van der Waals surface area contributed by atoms with Gasteiger partial charge in [-0.2, -0.15) is 41.5 Å². The molecule has 0 aromatic heterocycles. The summed E-state index contributed by atoms with van der Waals surface area (Å²) in [4.78, 5) is 0. The second-order valence-electron chi connectivity index (χ2n) is 8.78. The predicted octanol–water partition coefficient (Wildman–Crippen LogP) is 7.16. The van der Waals surface area contributed by atoms with Crippen LogP contribution in [0.1, 0.15) is 59.6 Å². The minimum absolute atomic E-state index is 0.293. The van der Waals surface area contributed by atoms with Crippen molar-refractivity contribution in [3.8, 4) is 11.1 Å². The van der Waals surface area contributed by atoms with Crippen LogP contribution in [0.25, 0.3) is 11.1 Å². The van der Waals surface area contributed by atoms with E-state index in [1.54, 1.807) is 24.2 Å². The van der Waals surface area contributed by atoms with E-state index in [1.165, 1.54) is 36.6 Å². The number of benzene rings is 2. The molecule has 1 heteroatoms. The Morgan fingerprint density at radius 2 is 1.64 bits per heavy atom. The molecule has 0 bridgehead atoms. The minimum Gasteiger partial charge on any atom is -0.179 e. The first kappa shape index (κ1) is 23.0. The van der Waals surface area contributed by atoms with Gasteiger partial charge >= 0.3 is 41.3 Å². The fourth-order valence-electron chi connectivity index (χ4n) is 3.65. The van der Waals surface area contributed by atoms with E-state index in [0.717, 1.165) is 6.42 Å². The van der Waals surface area contributed by atoms with Crippen molar-refractivity contribution in [2.75, 3.05) is 0 Å². The summed E-state index contributed by atoms with van der Waals surface area (Å²) in [5.41, 5.74) is 8.60. The molecule has 0 N–H and O–H groups in total. The Hall–Kier alpha value is -1.33. The average Bonchev–Trinajstić information content (AvgIpc) is 3.14. The van der Waals surface area contributed by atoms with Gasteiger partial charge in [0, 0.05) is 0 Å². The maximum Gasteiger partial charge on any atom is -0.0253 e. The van der Waals surface area contributed by atoms with Crippen LogP contribution < -0.4 is 0 Å². The fourth-order valence-corrected chi connectivity index (χ4v) is 3.65. The number of allylic oxidation sites excluding steroid dienone is 4. The van der Waals surface area contributed by atoms with Crippen LogP contribution in [0.2, 0.25) is 0 Å². The molecule has 2 aliphatic carbocycles. The summed E-state index contributed by atoms with van der Waals surface area (Å²) in [6, 6.07) is 18.1. The number of rotatable bonds is 0. The maximum absolute atomic E-state index is 3.40. The minimum atomic E-state index is 0.293. The molecular formula is C27H32Zr. The Morgan fingerprint density at radius 1 is 1.04 bits per heavy atom. The molecule has 0 amide bonds. The third-order valence-electron chi connectivity index (χ3n) is 4.69. The van der Waals surface area contributed by atoms with Crippen LogP contribution in [-0.4, -0.2) is 3.21 Å². The van der Waals surface area contributed by atoms with Crippen LogP contribution in [0, 0.1) is 23.5 Å². The van der Waals surface area contributed by atoms with E-state index >= 15 is 0 Å². The van der Waals surface area contributed by atoms with Gasteiger partial charge in [-0.1, -0.05) is 81.3 Å². The van der Waals surface area contributed by atoms with Crippen LogP contribution in [0.15, 0.2) is 59.7 Å². The van der Waals surface area contributed by atoms with Gasteiger partial charge in [0.15, 0.2) is 0 Å². The van der Waals surface area contributed by atoms with Crippen LogP contribution in [0.5, 0.6) is 0 Å². The summed E-state index contributed by atoms with van der Waals surface area (Å²) in [5.74, 6) is 0.518. The van der Waals surface area contributed by atoms with Crippen molar-refractivity contribution in [2.45, 2.75) is 54.9 Å². The van der Waals surface area contributed by atoms with E-state index in [1.807, 2.05) is 6.07 Å². The molecule has 2 aromatic rings. The largest absolute Gasteiger partial charge is 0.179 e. The first-order valence-corrected chi connectivity index (χ1v) is 11.2. The van der Waals surface area contributed by atoms with Crippen molar-refractivity contribution in [3.63, 3.8) is 0 Å². The first-order chi connectivity index (χ1) is 13.1. The van der Waals surface area contributed by atoms with E-state index < -0.39 is 0 Å². The standard InChI is InChI=1S/C13H9.C11H17.C3H6.Zr/c1-3-7-12-10(5-1)9-11-6-2-4-8-13(11)12;1-8-6-9(2)10(7-8)11(3,4)5;1-3-2;/h1-5,7-8H,9H2;7-8H,1-5H3;1-2H3;/q2*-1;;+2. The normalized spacial score (nSPS) is 16.5. The Bertz CT molecular complexity index is 843. The summed E-state index contributed by atoms with van der Waals surface area (Å²) in [7, 11) is 0. The zero-order valence-corrected chi connectivity index (χ0v) is 20.9. The number of fused-ring (bicyclic) bond motifs is 3. The summed E-state index contributed by atoms with van der Waals surface area (Å²) in [6.07, 6.45) is 6.76. The zero-order chi connectivity index (χ0) is 20.9. The van der Waals surface area contributed by atoms with Gasteiger partial charge in [-0.3, -0.25) is 6.08 Å². The van der Waals surface area contributed by atoms with Crippen molar-refractivity contribution in [1.29, 1.82) is 0 Å². The molecule has 0 nitrogen and oxygen atoms in total. The van der Waals surface area contributed by atoms with Gasteiger partial charge in [0.1, 0.15) is 0 Å². The maximum atomic E-state index is 3.40. The van der Waals surface area contributed by atoms with Crippen molar-refractivity contribution in [1.82, 2.24) is 0 Å². The number of hydrogen-bond donors (Lipinski definition) is 0. The SMILES string of the molecule is CC1=[C-]C(C)C=C1C(C)(C)C.C[C](C)=[Zr+2].[c-]1cccc2c1Cc1ccccc1-2. The second-order valence-corrected chi connectivity index (χ2v) is 11.2. The van der Waals surface area contributed by atoms with Gasteiger partial charge in [-0.15, -0.1) is 5.56 Å². The van der Waals surface area contributed by atoms with Crippen LogP contribution in [0.3, 0.4) is 0 Å². The third-order valence-corrected chi connectivity index (χ3v) is 4.69. The van der Waals surface area contributed by atoms with Crippen LogP contribution in [-0.2, 0) is 30.7 Å². The van der Waals surface area contributed by atoms with Gasteiger partial charge in [0.2, 0.25) is 0 Å². The molecule has 0 radical (unpaired) electrons. The second kappa shape index (κ2) is 9.93. The van der Waals surface area contributed by atoms with E-state index in [2.05, 4.69) is 103 Å². The van der Waals surface area contributed by atoms with Gasteiger partial charge in [0.25, 0.3) is 0 Å². The molecular weight excluding hydrogens is 416 g/mol. The molecule has 2 aliphatic rings. The van der Waals surface area contributed by atoms with Crippen molar-refractivity contribution >= 4 is 3.21 Å². The van der Waals surface area contributed by atoms with Gasteiger partial charge in [-0.05, 0) is 6.42 Å². The van der Waals surface area contributed by atoms with Gasteiger partial charge < -0.3 is 0 Å². The van der Waals surface area contributed by atoms with E-state index in [0.29, 0.717) is 11.3 Å². The molecule has 0 aliphatic heterocycles. The molecule has 0 saturated heterocycles. The monoisotopic (exact) mass is 446 g/mol. The van der Waals surface area contributed by atoms with E-state index in [9.17, 15) is 0 Å². The van der Waals surface area contributed by atoms with Crippen LogP contribution in [0.4, 0.5) is 0 Å². The summed E-state index contributed by atoms with van der Waals surface area (Å²) in [5, 5.41) is 0. The van der Waals surface area contributed by atoms with Crippen molar-refractivity contribution < 1.29 is 24.2 Å². The molecule has 4 rings (SSSR count). The molecule has 0 fully saturated rings. The average molecular weight is 448 g/mol. The number of hydrogen-bond acceptors (Lipinski definition) is 0. The van der Waals surface area contributed by atoms with Crippen LogP contribution >= 0.6 is 0 Å². The molecule has 144 valence electrons. The molecule has 28 heavy (non-hydrogen) atoms. The smallest absolute Gasteiger partial charge is 0.0253 e. The van der Waals surface area contributed by atoms with Gasteiger partial charge in [0.05, 0.1) is 0 Å². The molecule has 1 atom stereocenters. The molecule has 0 saturated carbocycles. The quantitative estimate of drug-likeness (QED) is 0.321. The molecule has 0 heterocycles. The Labute approximate surface area is 187 Å². The molecule has 2 aromatic carbocycles. The Kier molecular flexibility index (Phi) is 8.14. The third kappa shape index (κ3) is 6.35. The Balaban J connectivity index is 0.000000171. The van der Waals surface area contributed by atoms with Gasteiger partial charge in [-0.25, -0.2) is 5.57 Å². The molecule has 1 unspecified atom stereocenters. The van der Waals surface area contributed by atoms with Crippen molar-refractivity contribution in [3.05, 3.63) is 83.0 Å². The van der Waals surface area contributed by atoms with E-state index in [4.69, 9.17) is 0 Å². The first-order valence-electron chi connectivity index (χ1n) is 10.0. The van der Waals surface area contributed by atoms with E-state index in [-0.39, 0.29) is 0 Å². The molecule has 0 spiro atoms. The predicted molar refractivity (Wildman–Crippen MR) is 119 cm³/mol. The fraction of sp³-hybridized carbons (Fsp3) is 0.370. The topological polar surface area (TPSA) is 0 Å². The Morgan fingerprint density at radius 3 is 2.18 bits per heavy atom. The summed E-state index contributed by atoms with van der Waals surface area (Å²) in [6.45, 7) is 15.3. The summed E-state index contributed by atoms with van der Waals surface area (Å²) >= 11 is 1.55. The zero-order valence-electron chi connectivity index (χ0n) is 18.4. The van der Waals surface area contributed by atoms with Crippen molar-refractivity contribution in [2.24, 2.45) is 11.3 Å². The summed E-state index contributed by atoms with van der Waals surface area (Å²) < 4.78 is 1.51.